The highest BCUT2D eigenvalue weighted by Crippen LogP contribution is 2.21. The zero-order valence-corrected chi connectivity index (χ0v) is 21.0. The van der Waals surface area contributed by atoms with Crippen LogP contribution in [0.1, 0.15) is 50.4 Å². The Morgan fingerprint density at radius 2 is 1.63 bits per heavy atom. The van der Waals surface area contributed by atoms with E-state index in [-0.39, 0.29) is 16.4 Å². The summed E-state index contributed by atoms with van der Waals surface area (Å²) < 4.78 is 40.8. The van der Waals surface area contributed by atoms with E-state index in [0.29, 0.717) is 12.1 Å². The van der Waals surface area contributed by atoms with Crippen molar-refractivity contribution >= 4 is 27.5 Å². The fraction of sp³-hybridized carbons (Fsp3) is 0.440. The van der Waals surface area contributed by atoms with Crippen molar-refractivity contribution in [3.63, 3.8) is 0 Å². The maximum atomic E-state index is 13.2. The lowest BCUT2D eigenvalue weighted by Crippen LogP contribution is -2.46. The second-order valence-electron chi connectivity index (χ2n) is 9.83. The summed E-state index contributed by atoms with van der Waals surface area (Å²) in [6, 6.07) is 10.2. The highest BCUT2D eigenvalue weighted by Gasteiger charge is 2.27. The summed E-state index contributed by atoms with van der Waals surface area (Å²) >= 11 is 0. The van der Waals surface area contributed by atoms with E-state index in [1.54, 1.807) is 20.8 Å². The Hall–Kier alpha value is -2.82. The van der Waals surface area contributed by atoms with Gasteiger partial charge in [0.05, 0.1) is 4.90 Å². The first-order valence-corrected chi connectivity index (χ1v) is 13.1. The fourth-order valence-electron chi connectivity index (χ4n) is 3.93. The third-order valence-electron chi connectivity index (χ3n) is 5.63. The Morgan fingerprint density at radius 1 is 1.03 bits per heavy atom. The first-order chi connectivity index (χ1) is 16.4. The number of sulfonamides is 1. The van der Waals surface area contributed by atoms with Gasteiger partial charge in [-0.15, -0.1) is 0 Å². The molecule has 1 saturated heterocycles. The van der Waals surface area contributed by atoms with E-state index in [0.717, 1.165) is 25.9 Å². The highest BCUT2D eigenvalue weighted by molar-refractivity contribution is 7.89. The number of anilines is 1. The lowest BCUT2D eigenvalue weighted by molar-refractivity contribution is -0.118. The smallest absolute Gasteiger partial charge is 0.251 e. The van der Waals surface area contributed by atoms with E-state index >= 15 is 0 Å². The van der Waals surface area contributed by atoms with E-state index in [9.17, 15) is 22.4 Å². The van der Waals surface area contributed by atoms with Crippen LogP contribution in [0.5, 0.6) is 0 Å². The van der Waals surface area contributed by atoms with E-state index in [1.807, 2.05) is 0 Å². The van der Waals surface area contributed by atoms with Crippen LogP contribution in [0.2, 0.25) is 0 Å². The van der Waals surface area contributed by atoms with E-state index in [1.165, 1.54) is 48.5 Å². The SMILES string of the molecule is CC(C)(C)NS(=O)(=O)c1ccc(NC(=O)[C@H](CC2CCNCC2)NC(=O)c2ccc(F)cc2)cc1. The Kier molecular flexibility index (Phi) is 8.63. The Labute approximate surface area is 206 Å². The van der Waals surface area contributed by atoms with Crippen molar-refractivity contribution < 1.29 is 22.4 Å². The molecule has 0 spiro atoms. The zero-order chi connectivity index (χ0) is 25.6. The third kappa shape index (κ3) is 8.12. The molecule has 190 valence electrons. The molecule has 0 radical (unpaired) electrons. The fourth-order valence-corrected chi connectivity index (χ4v) is 5.35. The first-order valence-electron chi connectivity index (χ1n) is 11.6. The van der Waals surface area contributed by atoms with E-state index < -0.39 is 39.2 Å². The molecule has 1 heterocycles. The maximum Gasteiger partial charge on any atom is 0.251 e. The van der Waals surface area contributed by atoms with Gasteiger partial charge in [-0.05, 0) is 108 Å². The summed E-state index contributed by atoms with van der Waals surface area (Å²) in [5.41, 5.74) is 0.0440. The van der Waals surface area contributed by atoms with Gasteiger partial charge >= 0.3 is 0 Å². The molecule has 0 unspecified atom stereocenters. The second-order valence-corrected chi connectivity index (χ2v) is 11.5. The number of carbonyl (C=O) groups excluding carboxylic acids is 2. The molecule has 2 aromatic rings. The number of nitrogens with one attached hydrogen (secondary N) is 4. The number of hydrogen-bond acceptors (Lipinski definition) is 5. The molecule has 0 aromatic heterocycles. The molecule has 4 N–H and O–H groups in total. The lowest BCUT2D eigenvalue weighted by Gasteiger charge is -2.27. The standard InChI is InChI=1S/C25H33FN4O4S/c1-25(2,3)30-35(33,34)21-10-8-20(9-11-21)28-24(32)22(16-17-12-14-27-15-13-17)29-23(31)18-4-6-19(26)7-5-18/h4-11,17,22,27,30H,12-16H2,1-3H3,(H,28,32)(H,29,31)/t22-/m0/s1. The van der Waals surface area contributed by atoms with Crippen LogP contribution in [0.25, 0.3) is 0 Å². The predicted octanol–water partition coefficient (Wildman–Crippen LogP) is 3.03. The number of carbonyl (C=O) groups is 2. The van der Waals surface area contributed by atoms with Crippen molar-refractivity contribution in [1.82, 2.24) is 15.4 Å². The quantitative estimate of drug-likeness (QED) is 0.441. The van der Waals surface area contributed by atoms with Crippen LogP contribution in [0.15, 0.2) is 53.4 Å². The number of halogens is 1. The number of hydrogen-bond donors (Lipinski definition) is 4. The molecule has 1 aliphatic rings. The number of amides is 2. The molecular formula is C25H33FN4O4S. The molecule has 35 heavy (non-hydrogen) atoms. The molecule has 0 bridgehead atoms. The van der Waals surface area contributed by atoms with Gasteiger partial charge in [0.2, 0.25) is 15.9 Å². The van der Waals surface area contributed by atoms with Crippen molar-refractivity contribution in [2.24, 2.45) is 5.92 Å². The van der Waals surface area contributed by atoms with Crippen molar-refractivity contribution in [3.8, 4) is 0 Å². The Balaban J connectivity index is 1.72. The molecule has 3 rings (SSSR count). The van der Waals surface area contributed by atoms with Crippen molar-refractivity contribution in [1.29, 1.82) is 0 Å². The highest BCUT2D eigenvalue weighted by atomic mass is 32.2. The Bertz CT molecular complexity index is 1120. The van der Waals surface area contributed by atoms with Crippen LogP contribution >= 0.6 is 0 Å². The second kappa shape index (κ2) is 11.3. The summed E-state index contributed by atoms with van der Waals surface area (Å²) in [5.74, 6) is -1.05. The average molecular weight is 505 g/mol. The summed E-state index contributed by atoms with van der Waals surface area (Å²) in [7, 11) is -3.70. The molecule has 2 aromatic carbocycles. The van der Waals surface area contributed by atoms with Crippen LogP contribution in [-0.4, -0.2) is 44.9 Å². The summed E-state index contributed by atoms with van der Waals surface area (Å²) in [4.78, 5) is 26.0. The van der Waals surface area contributed by atoms with Crippen LogP contribution in [0.4, 0.5) is 10.1 Å². The lowest BCUT2D eigenvalue weighted by atomic mass is 9.90. The van der Waals surface area contributed by atoms with Crippen LogP contribution in [0, 0.1) is 11.7 Å². The van der Waals surface area contributed by atoms with Crippen LogP contribution in [0.3, 0.4) is 0 Å². The summed E-state index contributed by atoms with van der Waals surface area (Å²) in [6.07, 6.45) is 2.25. The van der Waals surface area contributed by atoms with Crippen molar-refractivity contribution in [2.45, 2.75) is 56.5 Å². The summed E-state index contributed by atoms with van der Waals surface area (Å²) in [6.45, 7) is 6.96. The van der Waals surface area contributed by atoms with Crippen molar-refractivity contribution in [2.75, 3.05) is 18.4 Å². The van der Waals surface area contributed by atoms with Gasteiger partial charge in [0.1, 0.15) is 11.9 Å². The minimum atomic E-state index is -3.70. The molecular weight excluding hydrogens is 471 g/mol. The monoisotopic (exact) mass is 504 g/mol. The minimum absolute atomic E-state index is 0.0845. The van der Waals surface area contributed by atoms with Gasteiger partial charge in [-0.3, -0.25) is 9.59 Å². The average Bonchev–Trinajstić information content (AvgIpc) is 2.78. The molecule has 0 aliphatic carbocycles. The predicted molar refractivity (Wildman–Crippen MR) is 133 cm³/mol. The molecule has 0 saturated carbocycles. The summed E-state index contributed by atoms with van der Waals surface area (Å²) in [5, 5.41) is 8.84. The zero-order valence-electron chi connectivity index (χ0n) is 20.2. The molecule has 1 atom stereocenters. The van der Waals surface area contributed by atoms with E-state index in [2.05, 4.69) is 20.7 Å². The van der Waals surface area contributed by atoms with Crippen molar-refractivity contribution in [3.05, 3.63) is 59.9 Å². The molecule has 10 heteroatoms. The molecule has 2 amide bonds. The van der Waals surface area contributed by atoms with Gasteiger partial charge < -0.3 is 16.0 Å². The number of piperidine rings is 1. The van der Waals surface area contributed by atoms with Crippen LogP contribution < -0.4 is 20.7 Å². The van der Waals surface area contributed by atoms with Gasteiger partial charge in [-0.2, -0.15) is 0 Å². The Morgan fingerprint density at radius 3 is 2.20 bits per heavy atom. The first kappa shape index (κ1) is 26.8. The van der Waals surface area contributed by atoms with E-state index in [4.69, 9.17) is 0 Å². The van der Waals surface area contributed by atoms with Gasteiger partial charge in [0.25, 0.3) is 5.91 Å². The maximum absolute atomic E-state index is 13.2. The topological polar surface area (TPSA) is 116 Å². The number of rotatable bonds is 8. The molecule has 1 aliphatic heterocycles. The number of benzene rings is 2. The van der Waals surface area contributed by atoms with Gasteiger partial charge in [-0.1, -0.05) is 0 Å². The van der Waals surface area contributed by atoms with Gasteiger partial charge in [0, 0.05) is 16.8 Å². The molecule has 8 nitrogen and oxygen atoms in total. The minimum Gasteiger partial charge on any atom is -0.340 e. The van der Waals surface area contributed by atoms with Gasteiger partial charge in [0.15, 0.2) is 0 Å². The van der Waals surface area contributed by atoms with Gasteiger partial charge in [-0.25, -0.2) is 17.5 Å². The third-order valence-corrected chi connectivity index (χ3v) is 7.40. The normalized spacial score (nSPS) is 15.9. The van der Waals surface area contributed by atoms with Crippen LogP contribution in [-0.2, 0) is 14.8 Å². The molecule has 1 fully saturated rings. The largest absolute Gasteiger partial charge is 0.340 e.